The van der Waals surface area contributed by atoms with Crippen LogP contribution in [0.1, 0.15) is 68.6 Å². The summed E-state index contributed by atoms with van der Waals surface area (Å²) in [5.41, 5.74) is 3.12. The summed E-state index contributed by atoms with van der Waals surface area (Å²) in [6.45, 7) is 6.20. The van der Waals surface area contributed by atoms with Gasteiger partial charge in [-0.05, 0) is 43.2 Å². The number of furan rings is 1. The number of fused-ring (bicyclic) bond motifs is 1. The molecule has 1 aliphatic carbocycles. The van der Waals surface area contributed by atoms with Gasteiger partial charge in [0, 0.05) is 24.6 Å². The normalized spacial score (nSPS) is 19.4. The van der Waals surface area contributed by atoms with Crippen LogP contribution in [0.4, 0.5) is 0 Å². The summed E-state index contributed by atoms with van der Waals surface area (Å²) in [7, 11) is 0. The van der Waals surface area contributed by atoms with Gasteiger partial charge in [0.1, 0.15) is 5.52 Å². The van der Waals surface area contributed by atoms with E-state index in [0.29, 0.717) is 22.7 Å². The highest BCUT2D eigenvalue weighted by Gasteiger charge is 2.28. The van der Waals surface area contributed by atoms with Crippen LogP contribution in [-0.2, 0) is 0 Å². The summed E-state index contributed by atoms with van der Waals surface area (Å²) < 4.78 is 5.49. The van der Waals surface area contributed by atoms with Crippen LogP contribution in [-0.4, -0.2) is 10.8 Å². The number of hydrogen-bond acceptors (Lipinski definition) is 3. The lowest BCUT2D eigenvalue weighted by Crippen LogP contribution is -2.20. The van der Waals surface area contributed by atoms with Gasteiger partial charge in [-0.3, -0.25) is 4.79 Å². The highest BCUT2D eigenvalue weighted by atomic mass is 16.3. The first-order valence-electron chi connectivity index (χ1n) is 7.36. The van der Waals surface area contributed by atoms with Crippen molar-refractivity contribution in [2.45, 2.75) is 52.4 Å². The second kappa shape index (κ2) is 4.72. The van der Waals surface area contributed by atoms with Gasteiger partial charge < -0.3 is 4.42 Å². The Balaban J connectivity index is 1.87. The summed E-state index contributed by atoms with van der Waals surface area (Å²) in [6.07, 6.45) is 4.90. The lowest BCUT2D eigenvalue weighted by atomic mass is 9.72. The maximum atomic E-state index is 11.4. The van der Waals surface area contributed by atoms with Gasteiger partial charge in [-0.1, -0.05) is 13.8 Å². The number of carbonyl (C=O) groups excluding carboxylic acids is 1. The minimum atomic E-state index is -0.0519. The first-order chi connectivity index (χ1) is 9.44. The Morgan fingerprint density at radius 3 is 2.65 bits per heavy atom. The molecule has 0 radical (unpaired) electrons. The van der Waals surface area contributed by atoms with Crippen molar-refractivity contribution in [2.24, 2.45) is 5.41 Å². The van der Waals surface area contributed by atoms with Crippen molar-refractivity contribution >= 4 is 16.9 Å². The van der Waals surface area contributed by atoms with E-state index >= 15 is 0 Å². The summed E-state index contributed by atoms with van der Waals surface area (Å²) in [6, 6.07) is 5.76. The zero-order valence-electron chi connectivity index (χ0n) is 12.4. The molecule has 20 heavy (non-hydrogen) atoms. The molecule has 3 nitrogen and oxygen atoms in total. The van der Waals surface area contributed by atoms with E-state index in [0.717, 1.165) is 11.2 Å². The molecule has 3 heteroatoms. The summed E-state index contributed by atoms with van der Waals surface area (Å²) >= 11 is 0. The van der Waals surface area contributed by atoms with Gasteiger partial charge in [-0.25, -0.2) is 4.98 Å². The Kier molecular flexibility index (Phi) is 3.15. The predicted octanol–water partition coefficient (Wildman–Crippen LogP) is 4.71. The molecule has 0 aromatic carbocycles. The maximum absolute atomic E-state index is 11.4. The molecule has 1 fully saturated rings. The minimum Gasteiger partial charge on any atom is -0.451 e. The minimum absolute atomic E-state index is 0.0519. The SMILES string of the molecule is CC(=O)c1cc2nc(C3CCC(C)(C)CC3)ccc2o1. The molecule has 0 spiro atoms. The molecule has 1 saturated carbocycles. The molecule has 2 aromatic heterocycles. The first kappa shape index (κ1) is 13.3. The van der Waals surface area contributed by atoms with Gasteiger partial charge in [-0.15, -0.1) is 0 Å². The Hall–Kier alpha value is -1.64. The van der Waals surface area contributed by atoms with Crippen molar-refractivity contribution in [1.82, 2.24) is 4.98 Å². The lowest BCUT2D eigenvalue weighted by molar-refractivity contribution is 0.0989. The smallest absolute Gasteiger partial charge is 0.195 e. The molecule has 0 bridgehead atoms. The fraction of sp³-hybridized carbons (Fsp3) is 0.529. The molecular weight excluding hydrogens is 250 g/mol. The van der Waals surface area contributed by atoms with Crippen LogP contribution >= 0.6 is 0 Å². The van der Waals surface area contributed by atoms with E-state index in [1.54, 1.807) is 6.07 Å². The van der Waals surface area contributed by atoms with E-state index in [-0.39, 0.29) is 5.78 Å². The Labute approximate surface area is 119 Å². The fourth-order valence-corrected chi connectivity index (χ4v) is 3.04. The molecule has 2 aromatic rings. The quantitative estimate of drug-likeness (QED) is 0.743. The summed E-state index contributed by atoms with van der Waals surface area (Å²) in [4.78, 5) is 16.1. The molecule has 1 aliphatic rings. The van der Waals surface area contributed by atoms with Gasteiger partial charge in [0.05, 0.1) is 0 Å². The molecule has 0 unspecified atom stereocenters. The summed E-state index contributed by atoms with van der Waals surface area (Å²) in [5, 5.41) is 0. The number of aromatic nitrogens is 1. The highest BCUT2D eigenvalue weighted by molar-refractivity contribution is 5.95. The fourth-order valence-electron chi connectivity index (χ4n) is 3.04. The standard InChI is InChI=1S/C17H21NO2/c1-11(19)16-10-14-15(20-16)5-4-13(18-14)12-6-8-17(2,3)9-7-12/h4-5,10,12H,6-9H2,1-3H3. The van der Waals surface area contributed by atoms with Crippen LogP contribution in [0.25, 0.3) is 11.1 Å². The number of rotatable bonds is 2. The van der Waals surface area contributed by atoms with Crippen LogP contribution < -0.4 is 0 Å². The molecule has 0 aliphatic heterocycles. The number of nitrogens with zero attached hydrogens (tertiary/aromatic N) is 1. The largest absolute Gasteiger partial charge is 0.451 e. The maximum Gasteiger partial charge on any atom is 0.195 e. The number of Topliss-reactive ketones (excluding diaryl/α,β-unsaturated/α-hetero) is 1. The Morgan fingerprint density at radius 2 is 2.00 bits per heavy atom. The van der Waals surface area contributed by atoms with Crippen molar-refractivity contribution < 1.29 is 9.21 Å². The van der Waals surface area contributed by atoms with E-state index in [1.165, 1.54) is 32.6 Å². The molecular formula is C17H21NO2. The molecule has 0 N–H and O–H groups in total. The Morgan fingerprint density at radius 1 is 1.30 bits per heavy atom. The van der Waals surface area contributed by atoms with Crippen LogP contribution in [0, 0.1) is 5.41 Å². The van der Waals surface area contributed by atoms with Crippen LogP contribution in [0.3, 0.4) is 0 Å². The van der Waals surface area contributed by atoms with E-state index in [9.17, 15) is 4.79 Å². The van der Waals surface area contributed by atoms with Crippen LogP contribution in [0.5, 0.6) is 0 Å². The van der Waals surface area contributed by atoms with Crippen molar-refractivity contribution in [2.75, 3.05) is 0 Å². The van der Waals surface area contributed by atoms with Gasteiger partial charge in [0.15, 0.2) is 17.1 Å². The zero-order valence-corrected chi connectivity index (χ0v) is 12.4. The number of pyridine rings is 1. The third-order valence-corrected chi connectivity index (χ3v) is 4.50. The topological polar surface area (TPSA) is 43.1 Å². The third kappa shape index (κ3) is 2.49. The molecule has 2 heterocycles. The molecule has 0 atom stereocenters. The van der Waals surface area contributed by atoms with Crippen LogP contribution in [0.15, 0.2) is 22.6 Å². The van der Waals surface area contributed by atoms with E-state index < -0.39 is 0 Å². The van der Waals surface area contributed by atoms with E-state index in [2.05, 4.69) is 19.9 Å². The second-order valence-corrected chi connectivity index (χ2v) is 6.72. The molecule has 0 saturated heterocycles. The molecule has 0 amide bonds. The molecule has 106 valence electrons. The molecule has 3 rings (SSSR count). The average Bonchev–Trinajstić information content (AvgIpc) is 2.81. The van der Waals surface area contributed by atoms with Gasteiger partial charge >= 0.3 is 0 Å². The van der Waals surface area contributed by atoms with Crippen molar-refractivity contribution in [1.29, 1.82) is 0 Å². The summed E-state index contributed by atoms with van der Waals surface area (Å²) in [5.74, 6) is 0.890. The number of hydrogen-bond donors (Lipinski definition) is 0. The highest BCUT2D eigenvalue weighted by Crippen LogP contribution is 2.42. The number of carbonyl (C=O) groups is 1. The second-order valence-electron chi connectivity index (χ2n) is 6.72. The van der Waals surface area contributed by atoms with E-state index in [4.69, 9.17) is 9.40 Å². The van der Waals surface area contributed by atoms with Crippen molar-refractivity contribution in [3.8, 4) is 0 Å². The zero-order chi connectivity index (χ0) is 14.3. The third-order valence-electron chi connectivity index (χ3n) is 4.50. The van der Waals surface area contributed by atoms with Gasteiger partial charge in [-0.2, -0.15) is 0 Å². The first-order valence-corrected chi connectivity index (χ1v) is 7.36. The Bertz CT molecular complexity index is 644. The van der Waals surface area contributed by atoms with Crippen LogP contribution in [0.2, 0.25) is 0 Å². The lowest BCUT2D eigenvalue weighted by Gasteiger charge is -2.34. The van der Waals surface area contributed by atoms with Gasteiger partial charge in [0.2, 0.25) is 0 Å². The average molecular weight is 271 g/mol. The predicted molar refractivity (Wildman–Crippen MR) is 79.0 cm³/mol. The van der Waals surface area contributed by atoms with Crippen molar-refractivity contribution in [3.05, 3.63) is 29.7 Å². The van der Waals surface area contributed by atoms with Gasteiger partial charge in [0.25, 0.3) is 0 Å². The monoisotopic (exact) mass is 271 g/mol. The number of ketones is 1. The van der Waals surface area contributed by atoms with E-state index in [1.807, 2.05) is 6.07 Å². The van der Waals surface area contributed by atoms with Crippen molar-refractivity contribution in [3.63, 3.8) is 0 Å².